The number of carbonyl (C=O) groups excluding carboxylic acids is 1. The van der Waals surface area contributed by atoms with Crippen LogP contribution in [0, 0.1) is 6.92 Å². The van der Waals surface area contributed by atoms with Gasteiger partial charge in [-0.3, -0.25) is 4.79 Å². The summed E-state index contributed by atoms with van der Waals surface area (Å²) in [5, 5.41) is 0. The van der Waals surface area contributed by atoms with Crippen LogP contribution in [0.3, 0.4) is 0 Å². The number of sulfonamides is 1. The molecule has 0 spiro atoms. The number of hydrogen-bond donors (Lipinski definition) is 1. The number of alkyl halides is 2. The van der Waals surface area contributed by atoms with E-state index >= 15 is 0 Å². The molecule has 0 aromatic heterocycles. The van der Waals surface area contributed by atoms with Crippen LogP contribution in [-0.2, 0) is 19.6 Å². The van der Waals surface area contributed by atoms with Crippen LogP contribution < -0.4 is 9.46 Å². The van der Waals surface area contributed by atoms with Crippen LogP contribution in [0.4, 0.5) is 8.78 Å². The number of nitrogens with one attached hydrogen (secondary N) is 1. The summed E-state index contributed by atoms with van der Waals surface area (Å²) in [5.74, 6) is -3.32. The predicted molar refractivity (Wildman–Crippen MR) is 95.1 cm³/mol. The normalized spacial score (nSPS) is 20.7. The van der Waals surface area contributed by atoms with Crippen LogP contribution in [0.2, 0.25) is 0 Å². The molecule has 0 aliphatic carbocycles. The van der Waals surface area contributed by atoms with Gasteiger partial charge in [0.2, 0.25) is 0 Å². The van der Waals surface area contributed by atoms with Crippen molar-refractivity contribution in [3.8, 4) is 5.75 Å². The Bertz CT molecular complexity index is 745. The fourth-order valence-electron chi connectivity index (χ4n) is 3.08. The number of likely N-dealkylation sites (tertiary alicyclic amines) is 1. The van der Waals surface area contributed by atoms with Crippen molar-refractivity contribution < 1.29 is 31.5 Å². The molecule has 7 nitrogen and oxygen atoms in total. The van der Waals surface area contributed by atoms with Gasteiger partial charge in [0.25, 0.3) is 15.9 Å². The first-order chi connectivity index (χ1) is 12.8. The van der Waals surface area contributed by atoms with Gasteiger partial charge in [0, 0.05) is 19.7 Å². The second kappa shape index (κ2) is 9.43. The van der Waals surface area contributed by atoms with Crippen molar-refractivity contribution in [3.05, 3.63) is 29.8 Å². The van der Waals surface area contributed by atoms with Crippen molar-refractivity contribution in [2.45, 2.75) is 37.6 Å². The number of nitrogens with zero attached hydrogens (tertiary/aromatic N) is 1. The Kier molecular flexibility index (Phi) is 7.51. The molecule has 10 heteroatoms. The van der Waals surface area contributed by atoms with E-state index in [0.29, 0.717) is 25.1 Å². The van der Waals surface area contributed by atoms with Gasteiger partial charge < -0.3 is 14.4 Å². The highest BCUT2D eigenvalue weighted by Crippen LogP contribution is 2.21. The van der Waals surface area contributed by atoms with Gasteiger partial charge in [0.05, 0.1) is 12.6 Å². The van der Waals surface area contributed by atoms with Crippen molar-refractivity contribution in [2.75, 3.05) is 26.9 Å². The van der Waals surface area contributed by atoms with Gasteiger partial charge in [0.15, 0.2) is 6.61 Å². The average molecular weight is 406 g/mol. The fourth-order valence-corrected chi connectivity index (χ4v) is 3.88. The lowest BCUT2D eigenvalue weighted by Gasteiger charge is -2.41. The molecule has 152 valence electrons. The van der Waals surface area contributed by atoms with Crippen molar-refractivity contribution in [3.63, 3.8) is 0 Å². The molecule has 27 heavy (non-hydrogen) atoms. The largest absolute Gasteiger partial charge is 0.484 e. The summed E-state index contributed by atoms with van der Waals surface area (Å²) in [6, 6.07) is 5.69. The summed E-state index contributed by atoms with van der Waals surface area (Å²) in [5.41, 5.74) is 0.875. The topological polar surface area (TPSA) is 84.9 Å². The Morgan fingerprint density at radius 2 is 2.07 bits per heavy atom. The lowest BCUT2D eigenvalue weighted by atomic mass is 9.97. The van der Waals surface area contributed by atoms with E-state index in [0.717, 1.165) is 5.56 Å². The van der Waals surface area contributed by atoms with Gasteiger partial charge in [0.1, 0.15) is 5.75 Å². The third-order valence-electron chi connectivity index (χ3n) is 4.43. The number of para-hydroxylation sites is 1. The molecule has 0 saturated carbocycles. The number of carbonyl (C=O) groups is 1. The van der Waals surface area contributed by atoms with Gasteiger partial charge in [-0.05, 0) is 31.4 Å². The fraction of sp³-hybridized carbons (Fsp3) is 0.588. The Morgan fingerprint density at radius 3 is 2.70 bits per heavy atom. The van der Waals surface area contributed by atoms with Gasteiger partial charge in [-0.15, -0.1) is 0 Å². The summed E-state index contributed by atoms with van der Waals surface area (Å²) >= 11 is 0. The van der Waals surface area contributed by atoms with Crippen molar-refractivity contribution in [2.24, 2.45) is 0 Å². The third kappa shape index (κ3) is 5.60. The smallest absolute Gasteiger partial charge is 0.350 e. The highest BCUT2D eigenvalue weighted by atomic mass is 32.2. The van der Waals surface area contributed by atoms with Crippen molar-refractivity contribution in [1.29, 1.82) is 0 Å². The molecule has 2 atom stereocenters. The Hall–Kier alpha value is -1.78. The molecule has 1 fully saturated rings. The standard InChI is InChI=1S/C17H24F2N2O5S/c1-12-6-3-4-8-15(12)26-11-16(22)21-9-5-7-13(14(21)10-25-2)20-27(23,24)17(18)19/h3-4,6,8,13-14,17,20H,5,7,9-11H2,1-2H3/t13-,14-/m0/s1. The Balaban J connectivity index is 2.09. The lowest BCUT2D eigenvalue weighted by molar-refractivity contribution is -0.139. The zero-order valence-corrected chi connectivity index (χ0v) is 16.0. The number of piperidine rings is 1. The number of hydrogen-bond acceptors (Lipinski definition) is 5. The zero-order chi connectivity index (χ0) is 20.0. The number of aryl methyl sites for hydroxylation is 1. The number of amides is 1. The van der Waals surface area contributed by atoms with Gasteiger partial charge in [-0.25, -0.2) is 13.1 Å². The number of benzene rings is 1. The van der Waals surface area contributed by atoms with Crippen LogP contribution in [0.15, 0.2) is 24.3 Å². The lowest BCUT2D eigenvalue weighted by Crippen LogP contribution is -2.60. The monoisotopic (exact) mass is 406 g/mol. The molecule has 1 aliphatic heterocycles. The number of methoxy groups -OCH3 is 1. The van der Waals surface area contributed by atoms with E-state index in [1.54, 1.807) is 12.1 Å². The number of rotatable bonds is 8. The van der Waals surface area contributed by atoms with Crippen molar-refractivity contribution in [1.82, 2.24) is 9.62 Å². The molecule has 0 bridgehead atoms. The molecule has 0 unspecified atom stereocenters. The molecular weight excluding hydrogens is 382 g/mol. The third-order valence-corrected chi connectivity index (χ3v) is 5.53. The second-order valence-electron chi connectivity index (χ2n) is 6.34. The minimum atomic E-state index is -4.77. The van der Waals surface area contributed by atoms with E-state index in [-0.39, 0.29) is 19.1 Å². The van der Waals surface area contributed by atoms with E-state index in [9.17, 15) is 22.0 Å². The van der Waals surface area contributed by atoms with Crippen LogP contribution in [-0.4, -0.2) is 63.9 Å². The van der Waals surface area contributed by atoms with E-state index in [1.165, 1.54) is 12.0 Å². The number of halogens is 2. The molecule has 1 N–H and O–H groups in total. The second-order valence-corrected chi connectivity index (χ2v) is 8.02. The van der Waals surface area contributed by atoms with E-state index in [1.807, 2.05) is 23.8 Å². The average Bonchev–Trinajstić information content (AvgIpc) is 2.62. The molecule has 1 saturated heterocycles. The summed E-state index contributed by atoms with van der Waals surface area (Å²) in [6.45, 7) is 2.01. The van der Waals surface area contributed by atoms with Gasteiger partial charge >= 0.3 is 5.76 Å². The molecule has 0 radical (unpaired) electrons. The van der Waals surface area contributed by atoms with Crippen LogP contribution in [0.25, 0.3) is 0 Å². The molecule has 1 aromatic carbocycles. The molecule has 1 heterocycles. The zero-order valence-electron chi connectivity index (χ0n) is 15.2. The SMILES string of the molecule is COC[C@H]1[C@@H](NS(=O)(=O)C(F)F)CCCN1C(=O)COc1ccccc1C. The molecule has 1 amide bonds. The first-order valence-corrected chi connectivity index (χ1v) is 10.1. The van der Waals surface area contributed by atoms with Gasteiger partial charge in [-0.1, -0.05) is 18.2 Å². The van der Waals surface area contributed by atoms with E-state index in [2.05, 4.69) is 0 Å². The summed E-state index contributed by atoms with van der Waals surface area (Å²) in [7, 11) is -3.36. The first kappa shape index (κ1) is 21.5. The predicted octanol–water partition coefficient (Wildman–Crippen LogP) is 1.52. The minimum absolute atomic E-state index is 0.0204. The molecular formula is C17H24F2N2O5S. The van der Waals surface area contributed by atoms with Crippen LogP contribution >= 0.6 is 0 Å². The Morgan fingerprint density at radius 1 is 1.37 bits per heavy atom. The molecule has 2 rings (SSSR count). The highest BCUT2D eigenvalue weighted by molar-refractivity contribution is 7.89. The molecule has 1 aliphatic rings. The maximum absolute atomic E-state index is 12.7. The molecule has 1 aromatic rings. The Labute approximate surface area is 157 Å². The van der Waals surface area contributed by atoms with E-state index < -0.39 is 27.9 Å². The first-order valence-electron chi connectivity index (χ1n) is 8.52. The van der Waals surface area contributed by atoms with Crippen LogP contribution in [0.5, 0.6) is 5.75 Å². The number of ether oxygens (including phenoxy) is 2. The maximum atomic E-state index is 12.7. The van der Waals surface area contributed by atoms with Crippen molar-refractivity contribution >= 4 is 15.9 Å². The van der Waals surface area contributed by atoms with Gasteiger partial charge in [-0.2, -0.15) is 8.78 Å². The van der Waals surface area contributed by atoms with Crippen LogP contribution in [0.1, 0.15) is 18.4 Å². The minimum Gasteiger partial charge on any atom is -0.484 e. The van der Waals surface area contributed by atoms with E-state index in [4.69, 9.17) is 9.47 Å². The highest BCUT2D eigenvalue weighted by Gasteiger charge is 2.38. The summed E-state index contributed by atoms with van der Waals surface area (Å²) in [4.78, 5) is 14.1. The summed E-state index contributed by atoms with van der Waals surface area (Å²) in [6.07, 6.45) is 0.815. The summed E-state index contributed by atoms with van der Waals surface area (Å²) < 4.78 is 61.1. The maximum Gasteiger partial charge on any atom is 0.350 e. The quantitative estimate of drug-likeness (QED) is 0.708.